The zero-order valence-electron chi connectivity index (χ0n) is 15.9. The van der Waals surface area contributed by atoms with Crippen LogP contribution in [0, 0.1) is 13.8 Å². The third kappa shape index (κ3) is 4.26. The van der Waals surface area contributed by atoms with E-state index in [2.05, 4.69) is 20.6 Å². The Bertz CT molecular complexity index is 830. The molecular formula is C19H24N4O4S. The number of amides is 2. The van der Waals surface area contributed by atoms with Gasteiger partial charge in [-0.3, -0.25) is 4.98 Å². The van der Waals surface area contributed by atoms with E-state index in [9.17, 15) is 4.79 Å². The number of aromatic nitrogens is 2. The average Bonchev–Trinajstić information content (AvgIpc) is 3.36. The smallest absolute Gasteiger partial charge is 0.315 e. The molecule has 150 valence electrons. The van der Waals surface area contributed by atoms with Crippen LogP contribution in [0.4, 0.5) is 4.79 Å². The molecule has 0 bridgehead atoms. The van der Waals surface area contributed by atoms with Gasteiger partial charge in [0.1, 0.15) is 18.0 Å². The Balaban J connectivity index is 1.25. The van der Waals surface area contributed by atoms with Crippen LogP contribution in [0.15, 0.2) is 23.7 Å². The number of carbonyl (C=O) groups excluding carboxylic acids is 1. The van der Waals surface area contributed by atoms with Crippen LogP contribution in [0.3, 0.4) is 0 Å². The molecule has 28 heavy (non-hydrogen) atoms. The number of nitrogens with one attached hydrogen (secondary N) is 2. The lowest BCUT2D eigenvalue weighted by atomic mass is 10.1. The highest BCUT2D eigenvalue weighted by Gasteiger charge is 2.49. The average molecular weight is 404 g/mol. The molecule has 2 fully saturated rings. The zero-order chi connectivity index (χ0) is 19.5. The predicted molar refractivity (Wildman–Crippen MR) is 104 cm³/mol. The molecule has 4 rings (SSSR count). The van der Waals surface area contributed by atoms with Crippen molar-refractivity contribution in [2.45, 2.75) is 44.6 Å². The molecule has 2 aliphatic heterocycles. The van der Waals surface area contributed by atoms with Crippen LogP contribution >= 0.6 is 11.3 Å². The summed E-state index contributed by atoms with van der Waals surface area (Å²) in [7, 11) is 0. The van der Waals surface area contributed by atoms with Crippen molar-refractivity contribution >= 4 is 17.4 Å². The van der Waals surface area contributed by atoms with Crippen molar-refractivity contribution in [3.8, 4) is 5.75 Å². The molecule has 2 aromatic heterocycles. The van der Waals surface area contributed by atoms with Gasteiger partial charge in [0.2, 0.25) is 0 Å². The second-order valence-corrected chi connectivity index (χ2v) is 8.02. The van der Waals surface area contributed by atoms with E-state index in [-0.39, 0.29) is 30.4 Å². The van der Waals surface area contributed by atoms with Crippen molar-refractivity contribution in [1.29, 1.82) is 0 Å². The summed E-state index contributed by atoms with van der Waals surface area (Å²) >= 11 is 1.61. The van der Waals surface area contributed by atoms with Gasteiger partial charge in [0.05, 0.1) is 35.7 Å². The monoisotopic (exact) mass is 404 g/mol. The van der Waals surface area contributed by atoms with Crippen LogP contribution in [0.2, 0.25) is 0 Å². The Morgan fingerprint density at radius 2 is 2.18 bits per heavy atom. The van der Waals surface area contributed by atoms with E-state index in [1.54, 1.807) is 17.5 Å². The molecule has 4 heterocycles. The number of ether oxygens (including phenoxy) is 3. The van der Waals surface area contributed by atoms with Gasteiger partial charge < -0.3 is 24.8 Å². The van der Waals surface area contributed by atoms with Gasteiger partial charge in [0.25, 0.3) is 0 Å². The minimum absolute atomic E-state index is 0.199. The summed E-state index contributed by atoms with van der Waals surface area (Å²) in [4.78, 5) is 20.8. The van der Waals surface area contributed by atoms with Crippen LogP contribution in [0.1, 0.15) is 16.4 Å². The van der Waals surface area contributed by atoms with Crippen LogP contribution in [-0.4, -0.2) is 60.1 Å². The molecule has 0 spiro atoms. The fraction of sp³-hybridized carbons (Fsp3) is 0.526. The molecule has 2 saturated heterocycles. The minimum Gasteiger partial charge on any atom is -0.483 e. The summed E-state index contributed by atoms with van der Waals surface area (Å²) in [5.74, 6) is 0.728. The van der Waals surface area contributed by atoms with Crippen molar-refractivity contribution in [3.05, 3.63) is 40.1 Å². The maximum Gasteiger partial charge on any atom is 0.315 e. The van der Waals surface area contributed by atoms with Gasteiger partial charge in [-0.25, -0.2) is 9.78 Å². The second-order valence-electron chi connectivity index (χ2n) is 6.95. The van der Waals surface area contributed by atoms with E-state index in [4.69, 9.17) is 14.2 Å². The number of rotatable bonds is 6. The third-order valence-electron chi connectivity index (χ3n) is 4.89. The summed E-state index contributed by atoms with van der Waals surface area (Å²) in [6, 6.07) is 3.30. The topological polar surface area (TPSA) is 94.6 Å². The molecule has 0 radical (unpaired) electrons. The molecule has 2 aliphatic rings. The highest BCUT2D eigenvalue weighted by atomic mass is 32.1. The quantitative estimate of drug-likeness (QED) is 0.760. The Kier molecular flexibility index (Phi) is 5.74. The number of carbonyl (C=O) groups is 1. The summed E-state index contributed by atoms with van der Waals surface area (Å²) in [5, 5.41) is 8.87. The van der Waals surface area contributed by atoms with Gasteiger partial charge >= 0.3 is 6.03 Å². The zero-order valence-corrected chi connectivity index (χ0v) is 16.7. The van der Waals surface area contributed by atoms with Crippen molar-refractivity contribution in [3.63, 3.8) is 0 Å². The van der Waals surface area contributed by atoms with Gasteiger partial charge in [-0.15, -0.1) is 11.3 Å². The van der Waals surface area contributed by atoms with Crippen LogP contribution in [0.25, 0.3) is 0 Å². The summed E-state index contributed by atoms with van der Waals surface area (Å²) in [6.07, 6.45) is 1.81. The van der Waals surface area contributed by atoms with E-state index in [1.807, 2.05) is 31.4 Å². The van der Waals surface area contributed by atoms with Gasteiger partial charge in [-0.05, 0) is 26.0 Å². The first kappa shape index (κ1) is 19.1. The van der Waals surface area contributed by atoms with E-state index >= 15 is 0 Å². The first-order chi connectivity index (χ1) is 13.6. The van der Waals surface area contributed by atoms with Crippen LogP contribution in [-0.2, 0) is 15.9 Å². The number of hydrogen-bond acceptors (Lipinski definition) is 7. The molecule has 9 heteroatoms. The highest BCUT2D eigenvalue weighted by molar-refractivity contribution is 7.09. The van der Waals surface area contributed by atoms with Gasteiger partial charge in [0, 0.05) is 24.5 Å². The van der Waals surface area contributed by atoms with Crippen LogP contribution in [0.5, 0.6) is 5.75 Å². The summed E-state index contributed by atoms with van der Waals surface area (Å²) in [6.45, 7) is 5.23. The minimum atomic E-state index is -0.225. The van der Waals surface area contributed by atoms with E-state index < -0.39 is 0 Å². The van der Waals surface area contributed by atoms with Crippen molar-refractivity contribution in [2.24, 2.45) is 0 Å². The highest BCUT2D eigenvalue weighted by Crippen LogP contribution is 2.30. The number of urea groups is 1. The maximum absolute atomic E-state index is 12.2. The summed E-state index contributed by atoms with van der Waals surface area (Å²) < 4.78 is 17.8. The number of nitrogens with zero attached hydrogens (tertiary/aromatic N) is 2. The second kappa shape index (κ2) is 8.42. The van der Waals surface area contributed by atoms with Crippen molar-refractivity contribution < 1.29 is 19.0 Å². The van der Waals surface area contributed by atoms with Gasteiger partial charge in [0.15, 0.2) is 6.10 Å². The lowest BCUT2D eigenvalue weighted by molar-refractivity contribution is 0.0299. The molecule has 0 unspecified atom stereocenters. The first-order valence-corrected chi connectivity index (χ1v) is 10.2. The van der Waals surface area contributed by atoms with Crippen molar-refractivity contribution in [1.82, 2.24) is 20.6 Å². The lowest BCUT2D eigenvalue weighted by Crippen LogP contribution is -2.48. The molecule has 0 aromatic carbocycles. The molecule has 0 aliphatic carbocycles. The number of pyridine rings is 1. The molecule has 0 saturated carbocycles. The molecule has 2 aromatic rings. The molecular weight excluding hydrogens is 380 g/mol. The van der Waals surface area contributed by atoms with E-state index in [1.165, 1.54) is 0 Å². The Morgan fingerprint density at radius 1 is 1.32 bits per heavy atom. The molecule has 2 N–H and O–H groups in total. The SMILES string of the molecule is Cc1nc(CCNC(=O)N[C@H]2CO[C@H]3[C@@H]2OC[C@@H]3Oc2cccnc2C)cs1. The standard InChI is InChI=1S/C19H24N4O4S/c1-11-15(4-3-6-20-11)27-16-9-26-17-14(8-25-18(16)17)23-19(24)21-7-5-13-10-28-12(2)22-13/h3-4,6,10,14,16-18H,5,7-9H2,1-2H3,(H2,21,23,24)/t14-,16-,17+,18+/m0/s1. The fourth-order valence-corrected chi connectivity index (χ4v) is 4.14. The number of hydrogen-bond donors (Lipinski definition) is 2. The number of fused-ring (bicyclic) bond motifs is 1. The Morgan fingerprint density at radius 3 is 2.96 bits per heavy atom. The largest absolute Gasteiger partial charge is 0.483 e. The predicted octanol–water partition coefficient (Wildman–Crippen LogP) is 1.61. The Hall–Kier alpha value is -2.23. The molecule has 8 nitrogen and oxygen atoms in total. The molecule has 2 amide bonds. The van der Waals surface area contributed by atoms with Crippen LogP contribution < -0.4 is 15.4 Å². The van der Waals surface area contributed by atoms with E-state index in [0.717, 1.165) is 22.1 Å². The maximum atomic E-state index is 12.2. The normalized spacial score (nSPS) is 26.1. The summed E-state index contributed by atoms with van der Waals surface area (Å²) in [5.41, 5.74) is 1.82. The van der Waals surface area contributed by atoms with Gasteiger partial charge in [-0.2, -0.15) is 0 Å². The number of thiazole rings is 1. The molecule has 4 atom stereocenters. The van der Waals surface area contributed by atoms with Crippen molar-refractivity contribution in [2.75, 3.05) is 19.8 Å². The Labute approximate surface area is 167 Å². The first-order valence-electron chi connectivity index (χ1n) is 9.37. The lowest BCUT2D eigenvalue weighted by Gasteiger charge is -2.19. The van der Waals surface area contributed by atoms with Gasteiger partial charge in [-0.1, -0.05) is 0 Å². The fourth-order valence-electron chi connectivity index (χ4n) is 3.49. The third-order valence-corrected chi connectivity index (χ3v) is 5.72. The van der Waals surface area contributed by atoms with E-state index in [0.29, 0.717) is 26.2 Å². The number of aryl methyl sites for hydroxylation is 2.